The zero-order chi connectivity index (χ0) is 13.3. The van der Waals surface area contributed by atoms with E-state index < -0.39 is 10.7 Å². The summed E-state index contributed by atoms with van der Waals surface area (Å²) in [5, 5.41) is 17.7. The van der Waals surface area contributed by atoms with Gasteiger partial charge in [0.25, 0.3) is 0 Å². The standard InChI is InChI=1S/C11H17NO2S3/c1-3-4-7-16-10(15)17-11(2,8-12)6-5-9(13)14/h3-7H2,1-2H3,(H,13,14). The second-order valence-corrected chi connectivity index (χ2v) is 7.59. The van der Waals surface area contributed by atoms with Crippen LogP contribution in [-0.2, 0) is 4.79 Å². The van der Waals surface area contributed by atoms with E-state index in [1.807, 2.05) is 0 Å². The number of unbranched alkanes of at least 4 members (excludes halogenated alkanes) is 1. The van der Waals surface area contributed by atoms with Crippen LogP contribution in [0.25, 0.3) is 0 Å². The quantitative estimate of drug-likeness (QED) is 0.570. The van der Waals surface area contributed by atoms with Crippen molar-refractivity contribution in [3.05, 3.63) is 0 Å². The molecule has 0 aliphatic heterocycles. The highest BCUT2D eigenvalue weighted by molar-refractivity contribution is 8.47. The van der Waals surface area contributed by atoms with Crippen LogP contribution in [0, 0.1) is 11.3 Å². The van der Waals surface area contributed by atoms with Crippen molar-refractivity contribution in [1.82, 2.24) is 0 Å². The summed E-state index contributed by atoms with van der Waals surface area (Å²) in [5.41, 5.74) is 0. The Morgan fingerprint density at radius 2 is 2.24 bits per heavy atom. The number of thiocarbonyl (C=S) groups is 1. The Hall–Kier alpha value is -0.250. The molecule has 0 aliphatic carbocycles. The molecule has 0 aromatic carbocycles. The number of rotatable bonds is 7. The highest BCUT2D eigenvalue weighted by Gasteiger charge is 2.27. The van der Waals surface area contributed by atoms with Crippen LogP contribution < -0.4 is 0 Å². The van der Waals surface area contributed by atoms with Crippen molar-refractivity contribution < 1.29 is 9.90 Å². The minimum atomic E-state index is -0.878. The fourth-order valence-corrected chi connectivity index (χ4v) is 4.05. The number of carboxylic acids is 1. The Bertz CT molecular complexity index is 314. The Balaban J connectivity index is 4.14. The van der Waals surface area contributed by atoms with E-state index in [-0.39, 0.29) is 6.42 Å². The molecule has 0 amide bonds. The molecule has 96 valence electrons. The third kappa shape index (κ3) is 8.47. The summed E-state index contributed by atoms with van der Waals surface area (Å²) in [6, 6.07) is 2.15. The maximum atomic E-state index is 10.5. The fraction of sp³-hybridized carbons (Fsp3) is 0.727. The van der Waals surface area contributed by atoms with Crippen molar-refractivity contribution in [2.45, 2.75) is 44.3 Å². The van der Waals surface area contributed by atoms with Gasteiger partial charge in [0.15, 0.2) is 0 Å². The number of aliphatic carboxylic acids is 1. The van der Waals surface area contributed by atoms with Gasteiger partial charge in [-0.25, -0.2) is 0 Å². The number of thioether (sulfide) groups is 2. The molecule has 0 fully saturated rings. The van der Waals surface area contributed by atoms with Gasteiger partial charge in [-0.1, -0.05) is 37.3 Å². The maximum Gasteiger partial charge on any atom is 0.303 e. The largest absolute Gasteiger partial charge is 0.481 e. The first kappa shape index (κ1) is 16.8. The average molecular weight is 291 g/mol. The monoisotopic (exact) mass is 291 g/mol. The molecule has 3 nitrogen and oxygen atoms in total. The molecule has 1 atom stereocenters. The molecular weight excluding hydrogens is 274 g/mol. The molecule has 0 aromatic rings. The molecule has 0 bridgehead atoms. The smallest absolute Gasteiger partial charge is 0.303 e. The first-order valence-electron chi connectivity index (χ1n) is 5.42. The number of hydrogen-bond donors (Lipinski definition) is 1. The van der Waals surface area contributed by atoms with Crippen molar-refractivity contribution in [1.29, 1.82) is 5.26 Å². The molecule has 0 saturated carbocycles. The predicted molar refractivity (Wildman–Crippen MR) is 78.4 cm³/mol. The van der Waals surface area contributed by atoms with E-state index in [0.29, 0.717) is 6.42 Å². The first-order chi connectivity index (χ1) is 7.93. The first-order valence-corrected chi connectivity index (χ1v) is 7.63. The van der Waals surface area contributed by atoms with Crippen LogP contribution in [-0.4, -0.2) is 25.1 Å². The average Bonchev–Trinajstić information content (AvgIpc) is 2.27. The van der Waals surface area contributed by atoms with Gasteiger partial charge in [0, 0.05) is 6.42 Å². The molecule has 17 heavy (non-hydrogen) atoms. The summed E-state index contributed by atoms with van der Waals surface area (Å²) in [5.74, 6) is 0.0830. The maximum absolute atomic E-state index is 10.5. The Morgan fingerprint density at radius 3 is 2.71 bits per heavy atom. The van der Waals surface area contributed by atoms with Gasteiger partial charge in [-0.05, 0) is 25.5 Å². The van der Waals surface area contributed by atoms with E-state index in [1.54, 1.807) is 18.7 Å². The third-order valence-corrected chi connectivity index (χ3v) is 4.93. The number of hydrogen-bond acceptors (Lipinski definition) is 5. The SMILES string of the molecule is CCCCSC(=S)SC(C)(C#N)CCC(=O)O. The zero-order valence-electron chi connectivity index (χ0n) is 10.1. The lowest BCUT2D eigenvalue weighted by molar-refractivity contribution is -0.137. The summed E-state index contributed by atoms with van der Waals surface area (Å²) < 4.78 is 0.00203. The lowest BCUT2D eigenvalue weighted by atomic mass is 10.1. The summed E-state index contributed by atoms with van der Waals surface area (Å²) >= 11 is 8.07. The normalized spacial score (nSPS) is 13.7. The Morgan fingerprint density at radius 1 is 1.59 bits per heavy atom. The molecule has 0 aromatic heterocycles. The lowest BCUT2D eigenvalue weighted by Crippen LogP contribution is -2.20. The van der Waals surface area contributed by atoms with Crippen molar-refractivity contribution in [3.8, 4) is 6.07 Å². The highest BCUT2D eigenvalue weighted by atomic mass is 32.2. The van der Waals surface area contributed by atoms with Crippen LogP contribution in [0.15, 0.2) is 0 Å². The molecule has 0 heterocycles. The van der Waals surface area contributed by atoms with E-state index in [9.17, 15) is 4.79 Å². The number of nitriles is 1. The van der Waals surface area contributed by atoms with Gasteiger partial charge in [-0.2, -0.15) is 5.26 Å². The highest BCUT2D eigenvalue weighted by Crippen LogP contribution is 2.34. The molecule has 1 N–H and O–H groups in total. The van der Waals surface area contributed by atoms with E-state index in [1.165, 1.54) is 11.8 Å². The second-order valence-electron chi connectivity index (χ2n) is 3.79. The van der Waals surface area contributed by atoms with Crippen molar-refractivity contribution >= 4 is 45.2 Å². The van der Waals surface area contributed by atoms with Gasteiger partial charge in [0.2, 0.25) is 0 Å². The van der Waals surface area contributed by atoms with Gasteiger partial charge >= 0.3 is 5.97 Å². The van der Waals surface area contributed by atoms with E-state index in [2.05, 4.69) is 13.0 Å². The molecule has 6 heteroatoms. The van der Waals surface area contributed by atoms with Crippen molar-refractivity contribution in [2.75, 3.05) is 5.75 Å². The van der Waals surface area contributed by atoms with Crippen LogP contribution in [0.1, 0.15) is 39.5 Å². The van der Waals surface area contributed by atoms with Crippen LogP contribution in [0.3, 0.4) is 0 Å². The molecule has 0 spiro atoms. The van der Waals surface area contributed by atoms with Crippen molar-refractivity contribution in [3.63, 3.8) is 0 Å². The van der Waals surface area contributed by atoms with Crippen LogP contribution in [0.4, 0.5) is 0 Å². The van der Waals surface area contributed by atoms with E-state index in [4.69, 9.17) is 22.6 Å². The van der Waals surface area contributed by atoms with Crippen LogP contribution in [0.5, 0.6) is 0 Å². The van der Waals surface area contributed by atoms with Gasteiger partial charge < -0.3 is 5.11 Å². The molecule has 0 rings (SSSR count). The third-order valence-electron chi connectivity index (χ3n) is 2.08. The predicted octanol–water partition coefficient (Wildman–Crippen LogP) is 3.68. The minimum Gasteiger partial charge on any atom is -0.481 e. The topological polar surface area (TPSA) is 61.1 Å². The van der Waals surface area contributed by atoms with Crippen molar-refractivity contribution in [2.24, 2.45) is 0 Å². The number of carboxylic acid groups (broad SMARTS) is 1. The van der Waals surface area contributed by atoms with E-state index in [0.717, 1.165) is 22.1 Å². The van der Waals surface area contributed by atoms with Gasteiger partial charge in [-0.15, -0.1) is 11.8 Å². The zero-order valence-corrected chi connectivity index (χ0v) is 12.5. The molecular formula is C11H17NO2S3. The summed E-state index contributed by atoms with van der Waals surface area (Å²) in [4.78, 5) is 10.5. The summed E-state index contributed by atoms with van der Waals surface area (Å²) in [7, 11) is 0. The minimum absolute atomic E-state index is 0.000694. The van der Waals surface area contributed by atoms with Gasteiger partial charge in [-0.3, -0.25) is 4.79 Å². The number of nitrogens with zero attached hydrogens (tertiary/aromatic N) is 1. The molecule has 0 radical (unpaired) electrons. The molecule has 1 unspecified atom stereocenters. The summed E-state index contributed by atoms with van der Waals surface area (Å²) in [6.07, 6.45) is 2.54. The lowest BCUT2D eigenvalue weighted by Gasteiger charge is -2.19. The van der Waals surface area contributed by atoms with Crippen LogP contribution >= 0.6 is 35.7 Å². The molecule has 0 aliphatic rings. The Kier molecular flexibility index (Phi) is 8.66. The van der Waals surface area contributed by atoms with Gasteiger partial charge in [0.05, 0.1) is 6.07 Å². The Labute approximate surface area is 116 Å². The second kappa shape index (κ2) is 8.78. The van der Waals surface area contributed by atoms with Crippen LogP contribution in [0.2, 0.25) is 0 Å². The number of carbonyl (C=O) groups is 1. The molecule has 0 saturated heterocycles. The van der Waals surface area contributed by atoms with E-state index >= 15 is 0 Å². The summed E-state index contributed by atoms with van der Waals surface area (Å²) in [6.45, 7) is 3.86. The van der Waals surface area contributed by atoms with Gasteiger partial charge in [0.1, 0.15) is 8.28 Å². The fourth-order valence-electron chi connectivity index (χ4n) is 0.988.